The highest BCUT2D eigenvalue weighted by Gasteiger charge is 2.14. The zero-order valence-corrected chi connectivity index (χ0v) is 47.8. The fourth-order valence-electron chi connectivity index (χ4n) is 9.55. The third kappa shape index (κ3) is 14.1. The molecule has 9 aromatic carbocycles. The molecule has 0 unspecified atom stereocenters. The molecule has 0 bridgehead atoms. The summed E-state index contributed by atoms with van der Waals surface area (Å²) < 4.78 is 10.4. The zero-order valence-electron chi connectivity index (χ0n) is 47.8. The van der Waals surface area contributed by atoms with Gasteiger partial charge in [-0.3, -0.25) is 13.7 Å². The predicted molar refractivity (Wildman–Crippen MR) is 341 cm³/mol. The summed E-state index contributed by atoms with van der Waals surface area (Å²) in [4.78, 5) is 13.1. The van der Waals surface area contributed by atoms with Gasteiger partial charge in [-0.2, -0.15) is 5.10 Å². The van der Waals surface area contributed by atoms with Crippen LogP contribution >= 0.6 is 0 Å². The second-order valence-electron chi connectivity index (χ2n) is 19.7. The van der Waals surface area contributed by atoms with Gasteiger partial charge in [0.05, 0.1) is 11.4 Å². The molecule has 0 aliphatic rings. The van der Waals surface area contributed by atoms with Crippen LogP contribution in [0.4, 0.5) is 0 Å². The molecule has 0 radical (unpaired) electrons. The first-order valence-corrected chi connectivity index (χ1v) is 27.9. The highest BCUT2D eigenvalue weighted by molar-refractivity contribution is 5.62. The van der Waals surface area contributed by atoms with E-state index >= 15 is 0 Å². The first-order valence-electron chi connectivity index (χ1n) is 27.9. The summed E-state index contributed by atoms with van der Waals surface area (Å²) in [5.74, 6) is 4.74. The SMILES string of the molecule is Cc1cc(-c2ccccc2)nn1-c1ccccc1.Cc1cccc(-c2nccn2-c2ccccc2)c1.Cc1cnc(-c2ccccc2)n1-c1ccccc1.Cc1nccn1-c1ccccc1.Cc1nnc(-c2ccccc2)n1-c1ccccc1. The molecule has 14 rings (SSSR count). The molecule has 14 aromatic rings. The van der Waals surface area contributed by atoms with Gasteiger partial charge in [0.15, 0.2) is 5.82 Å². The van der Waals surface area contributed by atoms with Gasteiger partial charge in [0.2, 0.25) is 0 Å². The van der Waals surface area contributed by atoms with Crippen molar-refractivity contribution >= 4 is 0 Å². The first-order chi connectivity index (χ1) is 41.3. The van der Waals surface area contributed by atoms with Gasteiger partial charge < -0.3 is 4.57 Å². The van der Waals surface area contributed by atoms with E-state index in [1.165, 1.54) is 5.56 Å². The number of para-hydroxylation sites is 5. The molecule has 0 aliphatic heterocycles. The van der Waals surface area contributed by atoms with Crippen molar-refractivity contribution in [2.45, 2.75) is 34.6 Å². The average Bonchev–Trinajstić information content (AvgIpc) is 4.52. The van der Waals surface area contributed by atoms with E-state index in [4.69, 9.17) is 0 Å². The quantitative estimate of drug-likeness (QED) is 0.143. The molecular formula is C73H65N11. The van der Waals surface area contributed by atoms with Crippen molar-refractivity contribution in [2.75, 3.05) is 0 Å². The summed E-state index contributed by atoms with van der Waals surface area (Å²) in [6.45, 7) is 10.2. The fraction of sp³-hybridized carbons (Fsp3) is 0.0685. The average molecular weight is 1100 g/mol. The minimum Gasteiger partial charge on any atom is -0.304 e. The Morgan fingerprint density at radius 1 is 0.298 bits per heavy atom. The molecule has 0 saturated carbocycles. The molecule has 84 heavy (non-hydrogen) atoms. The number of aryl methyl sites for hydroxylation is 5. The lowest BCUT2D eigenvalue weighted by Gasteiger charge is -2.10. The fourth-order valence-corrected chi connectivity index (χ4v) is 9.55. The summed E-state index contributed by atoms with van der Waals surface area (Å²) in [6, 6.07) is 92.2. The Kier molecular flexibility index (Phi) is 18.7. The molecule has 412 valence electrons. The molecular weight excluding hydrogens is 1030 g/mol. The Labute approximate surface area is 491 Å². The molecule has 0 fully saturated rings. The lowest BCUT2D eigenvalue weighted by molar-refractivity contribution is 0.850. The largest absolute Gasteiger partial charge is 0.304 e. The van der Waals surface area contributed by atoms with E-state index in [9.17, 15) is 0 Å². The molecule has 5 heterocycles. The number of aromatic nitrogens is 11. The van der Waals surface area contributed by atoms with Gasteiger partial charge in [-0.15, -0.1) is 10.2 Å². The molecule has 0 saturated heterocycles. The van der Waals surface area contributed by atoms with E-state index in [1.807, 2.05) is 207 Å². The number of benzene rings is 9. The highest BCUT2D eigenvalue weighted by atomic mass is 15.3. The third-order valence-corrected chi connectivity index (χ3v) is 13.6. The Balaban J connectivity index is 0.000000118. The van der Waals surface area contributed by atoms with Crippen LogP contribution in [0.1, 0.15) is 28.6 Å². The highest BCUT2D eigenvalue weighted by Crippen LogP contribution is 2.26. The van der Waals surface area contributed by atoms with Crippen molar-refractivity contribution in [1.29, 1.82) is 0 Å². The smallest absolute Gasteiger partial charge is 0.168 e. The maximum Gasteiger partial charge on any atom is 0.168 e. The van der Waals surface area contributed by atoms with Gasteiger partial charge in [0, 0.05) is 87.4 Å². The monoisotopic (exact) mass is 1100 g/mol. The topological polar surface area (TPSA) is 102 Å². The summed E-state index contributed by atoms with van der Waals surface area (Å²) in [7, 11) is 0. The maximum absolute atomic E-state index is 4.67. The standard InChI is InChI=1S/3C16H14N2.C15H13N3.C10H10N2/c1-13-12-17-16(14-8-4-2-5-9-14)18(13)15-10-6-3-7-11-15;1-13-12-16(14-8-4-2-5-9-14)17-18(13)15-10-6-3-7-11-15;1-13-6-5-7-14(12-13)16-17-10-11-18(16)15-8-3-2-4-9-15;1-12-16-17-15(13-8-4-2-5-9-13)18(12)14-10-6-3-7-11-14;1-9-11-7-8-12(9)10-5-3-2-4-6-10/h3*2-12H,1H3;2-11H,1H3;2-8H,1H3. The van der Waals surface area contributed by atoms with Crippen LogP contribution < -0.4 is 0 Å². The molecule has 0 atom stereocenters. The second kappa shape index (κ2) is 27.9. The van der Waals surface area contributed by atoms with Crippen LogP contribution in [0.15, 0.2) is 304 Å². The number of imidazole rings is 3. The molecule has 0 amide bonds. The minimum atomic E-state index is 0.874. The van der Waals surface area contributed by atoms with Crippen molar-refractivity contribution in [3.05, 3.63) is 333 Å². The number of nitrogens with zero attached hydrogens (tertiary/aromatic N) is 11. The van der Waals surface area contributed by atoms with Crippen LogP contribution in [-0.4, -0.2) is 53.2 Å². The Morgan fingerprint density at radius 3 is 1.26 bits per heavy atom. The van der Waals surface area contributed by atoms with Gasteiger partial charge in [0.25, 0.3) is 0 Å². The van der Waals surface area contributed by atoms with Crippen LogP contribution in [0, 0.1) is 34.6 Å². The minimum absolute atomic E-state index is 0.874. The van der Waals surface area contributed by atoms with Crippen LogP contribution in [-0.2, 0) is 0 Å². The van der Waals surface area contributed by atoms with E-state index in [-0.39, 0.29) is 0 Å². The lowest BCUT2D eigenvalue weighted by Crippen LogP contribution is -1.99. The summed E-state index contributed by atoms with van der Waals surface area (Å²) in [5, 5.41) is 13.1. The first kappa shape index (κ1) is 56.2. The Morgan fingerprint density at radius 2 is 0.738 bits per heavy atom. The number of hydrogen-bond donors (Lipinski definition) is 0. The summed E-state index contributed by atoms with van der Waals surface area (Å²) >= 11 is 0. The van der Waals surface area contributed by atoms with Gasteiger partial charge in [-0.05, 0) is 107 Å². The molecule has 11 heteroatoms. The Hall–Kier alpha value is -11.0. The van der Waals surface area contributed by atoms with Crippen molar-refractivity contribution in [1.82, 2.24) is 53.2 Å². The maximum atomic E-state index is 4.67. The van der Waals surface area contributed by atoms with E-state index < -0.39 is 0 Å². The molecule has 0 aliphatic carbocycles. The van der Waals surface area contributed by atoms with Crippen molar-refractivity contribution < 1.29 is 0 Å². The van der Waals surface area contributed by atoms with Gasteiger partial charge >= 0.3 is 0 Å². The second-order valence-corrected chi connectivity index (χ2v) is 19.7. The van der Waals surface area contributed by atoms with Crippen LogP contribution in [0.5, 0.6) is 0 Å². The van der Waals surface area contributed by atoms with Crippen LogP contribution in [0.3, 0.4) is 0 Å². The normalized spacial score (nSPS) is 10.4. The molecule has 11 nitrogen and oxygen atoms in total. The van der Waals surface area contributed by atoms with E-state index in [0.717, 1.165) is 96.9 Å². The van der Waals surface area contributed by atoms with Crippen LogP contribution in [0.25, 0.3) is 73.9 Å². The van der Waals surface area contributed by atoms with Crippen molar-refractivity contribution in [2.24, 2.45) is 0 Å². The molecule has 0 N–H and O–H groups in total. The van der Waals surface area contributed by atoms with Gasteiger partial charge in [0.1, 0.15) is 23.3 Å². The van der Waals surface area contributed by atoms with Crippen molar-refractivity contribution in [3.8, 4) is 73.9 Å². The van der Waals surface area contributed by atoms with E-state index in [2.05, 4.69) is 185 Å². The predicted octanol–water partition coefficient (Wildman–Crippen LogP) is 17.0. The van der Waals surface area contributed by atoms with Gasteiger partial charge in [-0.1, -0.05) is 206 Å². The number of hydrogen-bond acceptors (Lipinski definition) is 6. The van der Waals surface area contributed by atoms with E-state index in [1.54, 1.807) is 0 Å². The zero-order chi connectivity index (χ0) is 57.9. The number of rotatable bonds is 9. The molecule has 0 spiro atoms. The summed E-state index contributed by atoms with van der Waals surface area (Å²) in [6.07, 6.45) is 9.51. The van der Waals surface area contributed by atoms with E-state index in [0.29, 0.717) is 0 Å². The Bertz CT molecular complexity index is 4090. The summed E-state index contributed by atoms with van der Waals surface area (Å²) in [5.41, 5.74) is 14.6. The molecule has 5 aromatic heterocycles. The van der Waals surface area contributed by atoms with Crippen LogP contribution in [0.2, 0.25) is 0 Å². The van der Waals surface area contributed by atoms with Gasteiger partial charge in [-0.25, -0.2) is 19.6 Å². The van der Waals surface area contributed by atoms with Crippen molar-refractivity contribution in [3.63, 3.8) is 0 Å². The third-order valence-electron chi connectivity index (χ3n) is 13.6. The lowest BCUT2D eigenvalue weighted by atomic mass is 10.1.